The molecule has 0 spiro atoms. The molecule has 1 aromatic heterocycles. The number of nitrogens with zero attached hydrogens (tertiary/aromatic N) is 3. The van der Waals surface area contributed by atoms with Gasteiger partial charge in [-0.05, 0) is 0 Å². The second-order valence-electron chi connectivity index (χ2n) is 3.36. The maximum absolute atomic E-state index is 5.45. The van der Waals surface area contributed by atoms with Crippen LogP contribution in [0.3, 0.4) is 0 Å². The highest BCUT2D eigenvalue weighted by Crippen LogP contribution is 2.17. The molecule has 1 fully saturated rings. The van der Waals surface area contributed by atoms with Crippen molar-refractivity contribution < 1.29 is 4.74 Å². The molecule has 1 aliphatic rings. The van der Waals surface area contributed by atoms with Gasteiger partial charge in [-0.25, -0.2) is 9.97 Å². The summed E-state index contributed by atoms with van der Waals surface area (Å²) in [6, 6.07) is 0. The third kappa shape index (κ3) is 1.69. The molecule has 1 saturated heterocycles. The van der Waals surface area contributed by atoms with Crippen molar-refractivity contribution in [3.05, 3.63) is 18.0 Å². The van der Waals surface area contributed by atoms with Gasteiger partial charge in [0.2, 0.25) is 5.95 Å². The van der Waals surface area contributed by atoms with Crippen LogP contribution in [-0.2, 0) is 11.3 Å². The Morgan fingerprint density at radius 3 is 2.64 bits per heavy atom. The highest BCUT2D eigenvalue weighted by atomic mass is 16.5. The molecule has 5 heteroatoms. The lowest BCUT2D eigenvalue weighted by atomic mass is 10.2. The SMILES string of the molecule is COC1CN(c2ncc(CN)cn2)C1. The van der Waals surface area contributed by atoms with E-state index in [1.807, 2.05) is 0 Å². The van der Waals surface area contributed by atoms with Gasteiger partial charge in [-0.15, -0.1) is 0 Å². The Morgan fingerprint density at radius 2 is 2.14 bits per heavy atom. The minimum Gasteiger partial charge on any atom is -0.378 e. The van der Waals surface area contributed by atoms with Crippen LogP contribution in [0, 0.1) is 0 Å². The lowest BCUT2D eigenvalue weighted by Crippen LogP contribution is -2.52. The van der Waals surface area contributed by atoms with Crippen LogP contribution in [0.5, 0.6) is 0 Å². The summed E-state index contributed by atoms with van der Waals surface area (Å²) >= 11 is 0. The first-order valence-electron chi connectivity index (χ1n) is 4.62. The first-order valence-corrected chi connectivity index (χ1v) is 4.62. The van der Waals surface area contributed by atoms with E-state index in [4.69, 9.17) is 10.5 Å². The molecular weight excluding hydrogens is 180 g/mol. The van der Waals surface area contributed by atoms with Crippen LogP contribution in [-0.4, -0.2) is 36.3 Å². The molecule has 0 atom stereocenters. The van der Waals surface area contributed by atoms with E-state index in [0.717, 1.165) is 24.6 Å². The number of hydrogen-bond donors (Lipinski definition) is 1. The maximum Gasteiger partial charge on any atom is 0.225 e. The molecule has 0 radical (unpaired) electrons. The van der Waals surface area contributed by atoms with Gasteiger partial charge in [0, 0.05) is 44.7 Å². The summed E-state index contributed by atoms with van der Waals surface area (Å²) in [5, 5.41) is 0. The van der Waals surface area contributed by atoms with E-state index in [0.29, 0.717) is 12.6 Å². The third-order valence-electron chi connectivity index (χ3n) is 2.39. The Hall–Kier alpha value is -1.20. The van der Waals surface area contributed by atoms with Gasteiger partial charge in [0.15, 0.2) is 0 Å². The highest BCUT2D eigenvalue weighted by Gasteiger charge is 2.28. The quantitative estimate of drug-likeness (QED) is 0.720. The fourth-order valence-electron chi connectivity index (χ4n) is 1.37. The van der Waals surface area contributed by atoms with Gasteiger partial charge in [0.25, 0.3) is 0 Å². The van der Waals surface area contributed by atoms with E-state index in [-0.39, 0.29) is 0 Å². The number of aromatic nitrogens is 2. The lowest BCUT2D eigenvalue weighted by Gasteiger charge is -2.37. The molecule has 0 amide bonds. The third-order valence-corrected chi connectivity index (χ3v) is 2.39. The van der Waals surface area contributed by atoms with Crippen LogP contribution >= 0.6 is 0 Å². The standard InChI is InChI=1S/C9H14N4O/c1-14-8-5-13(6-8)9-11-3-7(2-10)4-12-9/h3-4,8H,2,5-6,10H2,1H3. The number of hydrogen-bond acceptors (Lipinski definition) is 5. The van der Waals surface area contributed by atoms with Crippen molar-refractivity contribution >= 4 is 5.95 Å². The zero-order valence-corrected chi connectivity index (χ0v) is 8.18. The molecule has 0 aliphatic carbocycles. The summed E-state index contributed by atoms with van der Waals surface area (Å²) < 4.78 is 5.17. The monoisotopic (exact) mass is 194 g/mol. The fraction of sp³-hybridized carbons (Fsp3) is 0.556. The van der Waals surface area contributed by atoms with Crippen LogP contribution < -0.4 is 10.6 Å². The van der Waals surface area contributed by atoms with Crippen molar-refractivity contribution in [1.82, 2.24) is 9.97 Å². The van der Waals surface area contributed by atoms with Crippen molar-refractivity contribution in [3.63, 3.8) is 0 Å². The summed E-state index contributed by atoms with van der Waals surface area (Å²) in [5.41, 5.74) is 6.41. The van der Waals surface area contributed by atoms with Crippen molar-refractivity contribution in [1.29, 1.82) is 0 Å². The van der Waals surface area contributed by atoms with E-state index >= 15 is 0 Å². The van der Waals surface area contributed by atoms with Crippen molar-refractivity contribution in [2.45, 2.75) is 12.6 Å². The average Bonchev–Trinajstić information content (AvgIpc) is 2.17. The van der Waals surface area contributed by atoms with Crippen LogP contribution in [0.1, 0.15) is 5.56 Å². The van der Waals surface area contributed by atoms with Crippen LogP contribution in [0.25, 0.3) is 0 Å². The normalized spacial score (nSPS) is 16.9. The molecule has 0 unspecified atom stereocenters. The molecule has 5 nitrogen and oxygen atoms in total. The summed E-state index contributed by atoms with van der Waals surface area (Å²) in [5.74, 6) is 0.760. The highest BCUT2D eigenvalue weighted by molar-refractivity contribution is 5.34. The van der Waals surface area contributed by atoms with E-state index in [9.17, 15) is 0 Å². The smallest absolute Gasteiger partial charge is 0.225 e. The topological polar surface area (TPSA) is 64.3 Å². The minimum atomic E-state index is 0.327. The molecule has 2 heterocycles. The number of nitrogens with two attached hydrogens (primary N) is 1. The van der Waals surface area contributed by atoms with E-state index in [2.05, 4.69) is 14.9 Å². The summed E-state index contributed by atoms with van der Waals surface area (Å²) in [6.07, 6.45) is 3.86. The molecule has 2 rings (SSSR count). The second kappa shape index (κ2) is 3.89. The largest absolute Gasteiger partial charge is 0.378 e. The van der Waals surface area contributed by atoms with E-state index in [1.54, 1.807) is 19.5 Å². The molecule has 1 aromatic rings. The van der Waals surface area contributed by atoms with Crippen molar-refractivity contribution in [2.75, 3.05) is 25.1 Å². The first kappa shape index (κ1) is 9.36. The Labute approximate surface area is 82.9 Å². The summed E-state index contributed by atoms with van der Waals surface area (Å²) in [4.78, 5) is 10.5. The Morgan fingerprint density at radius 1 is 1.50 bits per heavy atom. The summed E-state index contributed by atoms with van der Waals surface area (Å²) in [7, 11) is 1.72. The summed E-state index contributed by atoms with van der Waals surface area (Å²) in [6.45, 7) is 2.23. The number of ether oxygens (including phenoxy) is 1. The number of methoxy groups -OCH3 is 1. The molecule has 14 heavy (non-hydrogen) atoms. The van der Waals surface area contributed by atoms with Crippen LogP contribution in [0.4, 0.5) is 5.95 Å². The van der Waals surface area contributed by atoms with Gasteiger partial charge in [0.05, 0.1) is 6.10 Å². The van der Waals surface area contributed by atoms with Gasteiger partial charge < -0.3 is 15.4 Å². The predicted octanol–water partition coefficient (Wildman–Crippen LogP) is -0.230. The molecule has 0 bridgehead atoms. The van der Waals surface area contributed by atoms with E-state index < -0.39 is 0 Å². The van der Waals surface area contributed by atoms with Gasteiger partial charge in [0.1, 0.15) is 0 Å². The molecule has 1 aliphatic heterocycles. The van der Waals surface area contributed by atoms with Crippen LogP contribution in [0.15, 0.2) is 12.4 Å². The molecular formula is C9H14N4O. The molecule has 0 saturated carbocycles. The molecule has 2 N–H and O–H groups in total. The zero-order chi connectivity index (χ0) is 9.97. The maximum atomic E-state index is 5.45. The van der Waals surface area contributed by atoms with Crippen molar-refractivity contribution in [2.24, 2.45) is 5.73 Å². The second-order valence-corrected chi connectivity index (χ2v) is 3.36. The van der Waals surface area contributed by atoms with E-state index in [1.165, 1.54) is 0 Å². The Bertz CT molecular complexity index is 294. The van der Waals surface area contributed by atoms with Gasteiger partial charge in [-0.2, -0.15) is 0 Å². The van der Waals surface area contributed by atoms with Gasteiger partial charge >= 0.3 is 0 Å². The van der Waals surface area contributed by atoms with Crippen molar-refractivity contribution in [3.8, 4) is 0 Å². The molecule has 0 aromatic carbocycles. The first-order chi connectivity index (χ1) is 6.83. The Kier molecular flexibility index (Phi) is 2.60. The molecule has 76 valence electrons. The van der Waals surface area contributed by atoms with Gasteiger partial charge in [-0.1, -0.05) is 0 Å². The fourth-order valence-corrected chi connectivity index (χ4v) is 1.37. The predicted molar refractivity (Wildman–Crippen MR) is 52.9 cm³/mol. The lowest BCUT2D eigenvalue weighted by molar-refractivity contribution is 0.0778. The van der Waals surface area contributed by atoms with Crippen LogP contribution in [0.2, 0.25) is 0 Å². The Balaban J connectivity index is 1.98. The number of anilines is 1. The minimum absolute atomic E-state index is 0.327. The average molecular weight is 194 g/mol. The number of rotatable bonds is 3. The zero-order valence-electron chi connectivity index (χ0n) is 8.18. The van der Waals surface area contributed by atoms with Gasteiger partial charge in [-0.3, -0.25) is 0 Å².